The Morgan fingerprint density at radius 2 is 2.40 bits per heavy atom. The van der Waals surface area contributed by atoms with Crippen molar-refractivity contribution in [3.05, 3.63) is 22.5 Å². The van der Waals surface area contributed by atoms with Crippen molar-refractivity contribution in [2.45, 2.75) is 24.1 Å². The van der Waals surface area contributed by atoms with E-state index in [-0.39, 0.29) is 0 Å². The van der Waals surface area contributed by atoms with Crippen molar-refractivity contribution in [2.24, 2.45) is 0 Å². The first-order valence-corrected chi connectivity index (χ1v) is 5.77. The minimum Gasteiger partial charge on any atom is -0.393 e. The minimum absolute atomic E-state index is 0.361. The molecule has 0 aliphatic carbocycles. The largest absolute Gasteiger partial charge is 0.393 e. The zero-order valence-electron chi connectivity index (χ0n) is 11.8. The van der Waals surface area contributed by atoms with E-state index in [2.05, 4.69) is 4.98 Å². The van der Waals surface area contributed by atoms with Crippen molar-refractivity contribution in [2.75, 3.05) is 18.2 Å². The van der Waals surface area contributed by atoms with E-state index in [0.717, 1.165) is 0 Å². The molecule has 0 aromatic carbocycles. The zero-order chi connectivity index (χ0) is 16.9. The van der Waals surface area contributed by atoms with Crippen LogP contribution in [0.5, 0.6) is 0 Å². The highest BCUT2D eigenvalue weighted by Crippen LogP contribution is 2.39. The number of ether oxygens (including phenoxy) is 1. The second kappa shape index (κ2) is 5.24. The van der Waals surface area contributed by atoms with Crippen LogP contribution >= 0.6 is 11.6 Å². The summed E-state index contributed by atoms with van der Waals surface area (Å²) in [5, 5.41) is 19.2. The second-order valence-electron chi connectivity index (χ2n) is 4.20. The van der Waals surface area contributed by atoms with Crippen LogP contribution in [0.15, 0.2) is 11.0 Å². The van der Waals surface area contributed by atoms with Gasteiger partial charge in [0.2, 0.25) is 0 Å². The van der Waals surface area contributed by atoms with Crippen LogP contribution in [0, 0.1) is 5.82 Å². The van der Waals surface area contributed by atoms with E-state index in [4.69, 9.17) is 24.8 Å². The number of aromatic nitrogens is 2. The van der Waals surface area contributed by atoms with Gasteiger partial charge in [0.25, 0.3) is 0 Å². The summed E-state index contributed by atoms with van der Waals surface area (Å²) in [6, 6.07) is 0. The van der Waals surface area contributed by atoms with Crippen molar-refractivity contribution in [1.29, 1.82) is 0 Å². The molecule has 0 unspecified atom stereocenters. The number of halogens is 3. The van der Waals surface area contributed by atoms with Gasteiger partial charge in [-0.05, 0) is 0 Å². The monoisotopic (exact) mass is 313 g/mol. The molecule has 4 N–H and O–H groups in total. The van der Waals surface area contributed by atoms with Crippen LogP contribution in [0.3, 0.4) is 0 Å². The maximum absolute atomic E-state index is 14.2. The Bertz CT molecular complexity index is 644. The first-order valence-electron chi connectivity index (χ1n) is 6.39. The summed E-state index contributed by atoms with van der Waals surface area (Å²) in [7, 11) is 0. The van der Waals surface area contributed by atoms with Crippen molar-refractivity contribution in [3.63, 3.8) is 0 Å². The summed E-state index contributed by atoms with van der Waals surface area (Å²) in [5.41, 5.74) is 1.37. The average molecular weight is 314 g/mol. The fourth-order valence-corrected chi connectivity index (χ4v) is 2.07. The smallest absolute Gasteiger partial charge is 0.351 e. The van der Waals surface area contributed by atoms with Gasteiger partial charge in [-0.15, -0.1) is 11.6 Å². The van der Waals surface area contributed by atoms with E-state index in [1.54, 1.807) is 0 Å². The van der Waals surface area contributed by atoms with Gasteiger partial charge < -0.3 is 20.7 Å². The Morgan fingerprint density at radius 3 is 2.90 bits per heavy atom. The number of nitrogen functional groups attached to an aromatic ring is 1. The van der Waals surface area contributed by atoms with E-state index in [1.807, 2.05) is 0 Å². The van der Waals surface area contributed by atoms with Crippen molar-refractivity contribution < 1.29 is 26.5 Å². The molecule has 0 saturated carbocycles. The van der Waals surface area contributed by atoms with Gasteiger partial charge in [-0.25, -0.2) is 13.6 Å². The molecule has 0 amide bonds. The fraction of sp³-hybridized carbons (Fsp3) is 0.600. The highest BCUT2D eigenvalue weighted by atomic mass is 35.5. The van der Waals surface area contributed by atoms with E-state index in [9.17, 15) is 23.8 Å². The Hall–Kier alpha value is -1.29. The summed E-state index contributed by atoms with van der Waals surface area (Å²) in [6.45, 7) is -1.18. The van der Waals surface area contributed by atoms with E-state index < -0.39 is 53.9 Å². The maximum Gasteiger partial charge on any atom is 0.351 e. The van der Waals surface area contributed by atoms with Crippen molar-refractivity contribution >= 4 is 17.4 Å². The molecule has 112 valence electrons. The number of rotatable bonds is 3. The van der Waals surface area contributed by atoms with Gasteiger partial charge in [0.1, 0.15) is 11.7 Å². The number of hydrogen-bond acceptors (Lipinski definition) is 6. The molecule has 0 bridgehead atoms. The van der Waals surface area contributed by atoms with Gasteiger partial charge in [-0.3, -0.25) is 4.57 Å². The standard InChI is InChI=1S/C10H12ClF2N3O4/c11-2-10(3-17)6(18)5(13)8(20-10)16-1-4(12)7(14)15-9(16)19/h1,5-6,8,17-18H,2-3H2,(H2,14,15,19)/t5-,6-,8+,10+/m0/s1/i2D2. The lowest BCUT2D eigenvalue weighted by atomic mass is 9.99. The first kappa shape index (κ1) is 12.5. The van der Waals surface area contributed by atoms with Crippen molar-refractivity contribution in [1.82, 2.24) is 9.55 Å². The molecule has 0 radical (unpaired) electrons. The topological polar surface area (TPSA) is 111 Å². The van der Waals surface area contributed by atoms with Gasteiger partial charge in [0, 0.05) is 2.74 Å². The molecule has 1 aromatic rings. The number of aliphatic hydroxyl groups is 2. The highest BCUT2D eigenvalue weighted by molar-refractivity contribution is 6.18. The molecule has 2 heterocycles. The lowest BCUT2D eigenvalue weighted by Gasteiger charge is -2.26. The molecular weight excluding hydrogens is 300 g/mol. The van der Waals surface area contributed by atoms with Crippen LogP contribution in [-0.4, -0.2) is 50.1 Å². The molecule has 20 heavy (non-hydrogen) atoms. The Labute approximate surface area is 119 Å². The fourth-order valence-electron chi connectivity index (χ4n) is 1.85. The molecule has 1 aromatic heterocycles. The maximum atomic E-state index is 14.2. The summed E-state index contributed by atoms with van der Waals surface area (Å²) in [5.74, 6) is -4.72. The highest BCUT2D eigenvalue weighted by Gasteiger charge is 2.55. The lowest BCUT2D eigenvalue weighted by molar-refractivity contribution is -0.115. The van der Waals surface area contributed by atoms with E-state index in [0.29, 0.717) is 10.8 Å². The number of nitrogens with two attached hydrogens (primary N) is 1. The molecule has 1 aliphatic rings. The predicted molar refractivity (Wildman–Crippen MR) is 64.4 cm³/mol. The second-order valence-corrected chi connectivity index (χ2v) is 4.39. The van der Waals surface area contributed by atoms with Crippen LogP contribution in [-0.2, 0) is 4.74 Å². The summed E-state index contributed by atoms with van der Waals surface area (Å²) in [6.07, 6.45) is -6.01. The third kappa shape index (κ3) is 2.16. The normalized spacial score (nSPS) is 35.8. The first-order chi connectivity index (χ1) is 10.0. The summed E-state index contributed by atoms with van der Waals surface area (Å²) >= 11 is 5.43. The summed E-state index contributed by atoms with van der Waals surface area (Å²) < 4.78 is 47.8. The molecule has 1 fully saturated rings. The molecular formula is C10H12ClF2N3O4. The third-order valence-electron chi connectivity index (χ3n) is 2.99. The van der Waals surface area contributed by atoms with Gasteiger partial charge >= 0.3 is 5.69 Å². The van der Waals surface area contributed by atoms with Gasteiger partial charge in [0.15, 0.2) is 24.0 Å². The minimum atomic E-state index is -2.87. The quantitative estimate of drug-likeness (QED) is 0.628. The van der Waals surface area contributed by atoms with Gasteiger partial charge in [-0.2, -0.15) is 4.98 Å². The molecule has 10 heteroatoms. The molecule has 0 spiro atoms. The predicted octanol–water partition coefficient (Wildman–Crippen LogP) is -0.838. The van der Waals surface area contributed by atoms with Gasteiger partial charge in [0.05, 0.1) is 18.6 Å². The number of anilines is 1. The van der Waals surface area contributed by atoms with E-state index >= 15 is 0 Å². The number of aliphatic hydroxyl groups excluding tert-OH is 2. The van der Waals surface area contributed by atoms with Gasteiger partial charge in [-0.1, -0.05) is 0 Å². The number of hydrogen-bond donors (Lipinski definition) is 3. The lowest BCUT2D eigenvalue weighted by Crippen LogP contribution is -2.47. The van der Waals surface area contributed by atoms with Crippen LogP contribution in [0.4, 0.5) is 14.6 Å². The zero-order valence-corrected chi connectivity index (χ0v) is 10.6. The molecule has 2 rings (SSSR count). The van der Waals surface area contributed by atoms with Crippen LogP contribution in [0.1, 0.15) is 8.97 Å². The molecule has 4 atom stereocenters. The molecule has 7 nitrogen and oxygen atoms in total. The average Bonchev–Trinajstić information content (AvgIpc) is 2.67. The van der Waals surface area contributed by atoms with E-state index in [1.165, 1.54) is 0 Å². The number of alkyl halides is 2. The molecule has 1 aliphatic heterocycles. The Kier molecular flexibility index (Phi) is 3.26. The van der Waals surface area contributed by atoms with Crippen LogP contribution < -0.4 is 11.4 Å². The molecule has 1 saturated heterocycles. The SMILES string of the molecule is [2H]C([2H])(Cl)[C@]1(CO)O[C@@H](n2cc(F)c(N)nc2=O)[C@@H](F)[C@@H]1O. The summed E-state index contributed by atoms with van der Waals surface area (Å²) in [4.78, 5) is 14.8. The third-order valence-corrected chi connectivity index (χ3v) is 3.31. The Balaban J connectivity index is 2.52. The Morgan fingerprint density at radius 1 is 1.75 bits per heavy atom. The number of nitrogens with zero attached hydrogens (tertiary/aromatic N) is 2. The van der Waals surface area contributed by atoms with Crippen molar-refractivity contribution in [3.8, 4) is 0 Å². The van der Waals surface area contributed by atoms with Crippen LogP contribution in [0.25, 0.3) is 0 Å². The van der Waals surface area contributed by atoms with Crippen LogP contribution in [0.2, 0.25) is 0 Å².